The minimum absolute atomic E-state index is 0.0495. The zero-order valence-corrected chi connectivity index (χ0v) is 10.4. The highest BCUT2D eigenvalue weighted by molar-refractivity contribution is 5.86. The van der Waals surface area contributed by atoms with E-state index in [0.717, 1.165) is 32.2 Å². The van der Waals surface area contributed by atoms with E-state index >= 15 is 0 Å². The van der Waals surface area contributed by atoms with E-state index in [0.29, 0.717) is 19.4 Å². The minimum Gasteiger partial charge on any atom is -0.341 e. The summed E-state index contributed by atoms with van der Waals surface area (Å²) < 4.78 is 0. The SMILES string of the molecule is CCCN(CC)C(=O)C1(N=O)CCCCC1. The molecular formula is C12H22N2O2. The third kappa shape index (κ3) is 2.60. The second-order valence-electron chi connectivity index (χ2n) is 4.57. The Labute approximate surface area is 97.4 Å². The second kappa shape index (κ2) is 5.97. The van der Waals surface area contributed by atoms with Crippen LogP contribution in [0.15, 0.2) is 5.18 Å². The highest BCUT2D eigenvalue weighted by Gasteiger charge is 2.43. The smallest absolute Gasteiger partial charge is 0.254 e. The van der Waals surface area contributed by atoms with E-state index < -0.39 is 5.54 Å². The Morgan fingerprint density at radius 2 is 1.88 bits per heavy atom. The van der Waals surface area contributed by atoms with Crippen LogP contribution in [0.1, 0.15) is 52.4 Å². The topological polar surface area (TPSA) is 49.7 Å². The number of nitroso groups, excluding NO2 is 1. The molecule has 4 nitrogen and oxygen atoms in total. The third-order valence-corrected chi connectivity index (χ3v) is 3.42. The molecule has 16 heavy (non-hydrogen) atoms. The first-order valence-corrected chi connectivity index (χ1v) is 6.34. The first kappa shape index (κ1) is 13.1. The van der Waals surface area contributed by atoms with Crippen molar-refractivity contribution in [2.24, 2.45) is 5.18 Å². The highest BCUT2D eigenvalue weighted by Crippen LogP contribution is 2.33. The molecule has 1 rings (SSSR count). The fourth-order valence-electron chi connectivity index (χ4n) is 2.45. The number of likely N-dealkylation sites (N-methyl/N-ethyl adjacent to an activating group) is 1. The molecule has 0 aromatic carbocycles. The van der Waals surface area contributed by atoms with E-state index in [1.165, 1.54) is 0 Å². The van der Waals surface area contributed by atoms with Crippen molar-refractivity contribution in [3.63, 3.8) is 0 Å². The monoisotopic (exact) mass is 226 g/mol. The van der Waals surface area contributed by atoms with Gasteiger partial charge in [0.1, 0.15) is 0 Å². The van der Waals surface area contributed by atoms with Crippen LogP contribution in [-0.2, 0) is 4.79 Å². The van der Waals surface area contributed by atoms with Crippen LogP contribution in [0.3, 0.4) is 0 Å². The van der Waals surface area contributed by atoms with Crippen molar-refractivity contribution in [3.8, 4) is 0 Å². The van der Waals surface area contributed by atoms with Gasteiger partial charge in [0.2, 0.25) is 0 Å². The molecule has 0 bridgehead atoms. The van der Waals surface area contributed by atoms with E-state index in [1.807, 2.05) is 13.8 Å². The van der Waals surface area contributed by atoms with Gasteiger partial charge in [0.25, 0.3) is 5.91 Å². The Bertz CT molecular complexity index is 247. The molecule has 1 aliphatic rings. The summed E-state index contributed by atoms with van der Waals surface area (Å²) in [5, 5.41) is 3.19. The summed E-state index contributed by atoms with van der Waals surface area (Å²) in [4.78, 5) is 25.1. The molecule has 4 heteroatoms. The number of hydrogen-bond donors (Lipinski definition) is 0. The summed E-state index contributed by atoms with van der Waals surface area (Å²) in [7, 11) is 0. The minimum atomic E-state index is -0.941. The van der Waals surface area contributed by atoms with Crippen LogP contribution in [0.5, 0.6) is 0 Å². The van der Waals surface area contributed by atoms with Gasteiger partial charge in [-0.3, -0.25) is 4.79 Å². The molecular weight excluding hydrogens is 204 g/mol. The van der Waals surface area contributed by atoms with Crippen LogP contribution in [0.4, 0.5) is 0 Å². The summed E-state index contributed by atoms with van der Waals surface area (Å²) in [5.41, 5.74) is -0.941. The van der Waals surface area contributed by atoms with Crippen molar-refractivity contribution >= 4 is 5.91 Å². The van der Waals surface area contributed by atoms with Gasteiger partial charge in [-0.2, -0.15) is 0 Å². The molecule has 0 aromatic rings. The van der Waals surface area contributed by atoms with Crippen molar-refractivity contribution in [3.05, 3.63) is 4.91 Å². The van der Waals surface area contributed by atoms with E-state index in [4.69, 9.17) is 0 Å². The van der Waals surface area contributed by atoms with Gasteiger partial charge in [0, 0.05) is 13.1 Å². The fourth-order valence-corrected chi connectivity index (χ4v) is 2.45. The van der Waals surface area contributed by atoms with Gasteiger partial charge in [-0.05, 0) is 26.2 Å². The highest BCUT2D eigenvalue weighted by atomic mass is 16.3. The second-order valence-corrected chi connectivity index (χ2v) is 4.57. The maximum absolute atomic E-state index is 12.3. The molecule has 0 aromatic heterocycles. The van der Waals surface area contributed by atoms with Gasteiger partial charge < -0.3 is 4.90 Å². The predicted octanol–water partition coefficient (Wildman–Crippen LogP) is 2.71. The van der Waals surface area contributed by atoms with Crippen LogP contribution >= 0.6 is 0 Å². The average molecular weight is 226 g/mol. The molecule has 0 radical (unpaired) electrons. The molecule has 0 unspecified atom stereocenters. The summed E-state index contributed by atoms with van der Waals surface area (Å²) in [5.74, 6) is -0.0495. The Morgan fingerprint density at radius 1 is 1.25 bits per heavy atom. The van der Waals surface area contributed by atoms with Gasteiger partial charge in [-0.1, -0.05) is 31.4 Å². The normalized spacial score (nSPS) is 19.1. The summed E-state index contributed by atoms with van der Waals surface area (Å²) in [6.45, 7) is 5.39. The number of carbonyl (C=O) groups excluding carboxylic acids is 1. The van der Waals surface area contributed by atoms with Crippen molar-refractivity contribution in [2.75, 3.05) is 13.1 Å². The molecule has 1 amide bonds. The van der Waals surface area contributed by atoms with Crippen LogP contribution < -0.4 is 0 Å². The van der Waals surface area contributed by atoms with Gasteiger partial charge in [-0.25, -0.2) is 0 Å². The van der Waals surface area contributed by atoms with Crippen molar-refractivity contribution in [1.29, 1.82) is 0 Å². The molecule has 1 saturated carbocycles. The third-order valence-electron chi connectivity index (χ3n) is 3.42. The van der Waals surface area contributed by atoms with Crippen LogP contribution in [-0.4, -0.2) is 29.4 Å². The Morgan fingerprint density at radius 3 is 2.31 bits per heavy atom. The van der Waals surface area contributed by atoms with Crippen molar-refractivity contribution in [1.82, 2.24) is 4.90 Å². The number of hydrogen-bond acceptors (Lipinski definition) is 3. The molecule has 0 N–H and O–H groups in total. The number of rotatable bonds is 5. The lowest BCUT2D eigenvalue weighted by molar-refractivity contribution is -0.138. The molecule has 1 aliphatic carbocycles. The Balaban J connectivity index is 2.77. The van der Waals surface area contributed by atoms with E-state index in [2.05, 4.69) is 5.18 Å². The lowest BCUT2D eigenvalue weighted by Crippen LogP contribution is -2.49. The van der Waals surface area contributed by atoms with Gasteiger partial charge >= 0.3 is 0 Å². The lowest BCUT2D eigenvalue weighted by atomic mass is 9.81. The molecule has 0 saturated heterocycles. The summed E-state index contributed by atoms with van der Waals surface area (Å²) >= 11 is 0. The average Bonchev–Trinajstić information content (AvgIpc) is 2.36. The lowest BCUT2D eigenvalue weighted by Gasteiger charge is -2.34. The zero-order valence-electron chi connectivity index (χ0n) is 10.4. The molecule has 92 valence electrons. The van der Waals surface area contributed by atoms with E-state index in [1.54, 1.807) is 4.90 Å². The van der Waals surface area contributed by atoms with E-state index in [9.17, 15) is 9.70 Å². The maximum atomic E-state index is 12.3. The number of carbonyl (C=O) groups is 1. The van der Waals surface area contributed by atoms with Gasteiger partial charge in [0.15, 0.2) is 5.54 Å². The van der Waals surface area contributed by atoms with Gasteiger partial charge in [0.05, 0.1) is 0 Å². The quantitative estimate of drug-likeness (QED) is 0.677. The molecule has 0 aliphatic heterocycles. The summed E-state index contributed by atoms with van der Waals surface area (Å²) in [6.07, 6.45) is 5.20. The number of amides is 1. The first-order valence-electron chi connectivity index (χ1n) is 6.34. The number of nitrogens with zero attached hydrogens (tertiary/aromatic N) is 2. The standard InChI is InChI=1S/C12H22N2O2/c1-3-10-14(4-2)11(15)12(13-16)8-6-5-7-9-12/h3-10H2,1-2H3. The van der Waals surface area contributed by atoms with Crippen molar-refractivity contribution in [2.45, 2.75) is 57.9 Å². The first-order chi connectivity index (χ1) is 7.70. The maximum Gasteiger partial charge on any atom is 0.254 e. The molecule has 0 heterocycles. The zero-order chi connectivity index (χ0) is 12.0. The molecule has 0 atom stereocenters. The predicted molar refractivity (Wildman–Crippen MR) is 64.2 cm³/mol. The van der Waals surface area contributed by atoms with Crippen LogP contribution in [0.2, 0.25) is 0 Å². The molecule has 1 fully saturated rings. The Kier molecular flexibility index (Phi) is 4.90. The largest absolute Gasteiger partial charge is 0.341 e. The summed E-state index contributed by atoms with van der Waals surface area (Å²) in [6, 6.07) is 0. The Hall–Kier alpha value is -0.930. The van der Waals surface area contributed by atoms with Gasteiger partial charge in [-0.15, -0.1) is 4.91 Å². The molecule has 0 spiro atoms. The van der Waals surface area contributed by atoms with E-state index in [-0.39, 0.29) is 5.91 Å². The van der Waals surface area contributed by atoms with Crippen LogP contribution in [0.25, 0.3) is 0 Å². The fraction of sp³-hybridized carbons (Fsp3) is 0.917. The van der Waals surface area contributed by atoms with Crippen molar-refractivity contribution < 1.29 is 4.79 Å². The van der Waals surface area contributed by atoms with Crippen LogP contribution in [0, 0.1) is 4.91 Å².